The fourth-order valence-electron chi connectivity index (χ4n) is 4.32. The highest BCUT2D eigenvalue weighted by Gasteiger charge is 2.21. The number of hydrogen-bond donors (Lipinski definition) is 1. The molecule has 0 radical (unpaired) electrons. The van der Waals surface area contributed by atoms with Gasteiger partial charge in [-0.05, 0) is 54.1 Å². The third-order valence-corrected chi connectivity index (χ3v) is 6.36. The smallest absolute Gasteiger partial charge is 0.338 e. The van der Waals surface area contributed by atoms with Gasteiger partial charge in [0.25, 0.3) is 0 Å². The Balaban J connectivity index is 1.62. The van der Waals surface area contributed by atoms with Crippen molar-refractivity contribution in [3.05, 3.63) is 92.9 Å². The van der Waals surface area contributed by atoms with Crippen LogP contribution in [0.2, 0.25) is 5.02 Å². The quantitative estimate of drug-likeness (QED) is 0.443. The fourth-order valence-corrected chi connectivity index (χ4v) is 4.48. The van der Waals surface area contributed by atoms with Gasteiger partial charge >= 0.3 is 11.7 Å². The number of nitrogens with zero attached hydrogens (tertiary/aromatic N) is 3. The van der Waals surface area contributed by atoms with Crippen LogP contribution in [0.5, 0.6) is 0 Å². The molecule has 180 valence electrons. The maximum atomic E-state index is 15.2. The van der Waals surface area contributed by atoms with Crippen LogP contribution in [0, 0.1) is 11.6 Å². The van der Waals surface area contributed by atoms with Crippen molar-refractivity contribution in [2.75, 3.05) is 31.2 Å². The summed E-state index contributed by atoms with van der Waals surface area (Å²) < 4.78 is 37.0. The number of fused-ring (bicyclic) bond motifs is 1. The lowest BCUT2D eigenvalue weighted by Crippen LogP contribution is -2.36. The minimum Gasteiger partial charge on any atom is -0.478 e. The highest BCUT2D eigenvalue weighted by molar-refractivity contribution is 6.31. The lowest BCUT2D eigenvalue weighted by molar-refractivity contribution is 0.0691. The van der Waals surface area contributed by atoms with E-state index >= 15 is 4.39 Å². The monoisotopic (exact) mass is 499 g/mol. The number of aromatic nitrogens is 2. The molecule has 0 amide bonds. The summed E-state index contributed by atoms with van der Waals surface area (Å²) in [5.41, 5.74) is 1.01. The molecule has 1 N–H and O–H groups in total. The van der Waals surface area contributed by atoms with Gasteiger partial charge in [-0.25, -0.2) is 18.4 Å². The molecule has 0 aliphatic carbocycles. The van der Waals surface area contributed by atoms with Crippen LogP contribution >= 0.6 is 11.6 Å². The summed E-state index contributed by atoms with van der Waals surface area (Å²) in [7, 11) is 0. The molecule has 2 heterocycles. The van der Waals surface area contributed by atoms with E-state index in [1.54, 1.807) is 12.1 Å². The van der Waals surface area contributed by atoms with E-state index in [-0.39, 0.29) is 22.6 Å². The van der Waals surface area contributed by atoms with E-state index in [9.17, 15) is 19.1 Å². The number of anilines is 1. The van der Waals surface area contributed by atoms with E-state index in [4.69, 9.17) is 16.3 Å². The lowest BCUT2D eigenvalue weighted by Gasteiger charge is -2.28. The van der Waals surface area contributed by atoms with E-state index in [1.165, 1.54) is 27.3 Å². The molecule has 1 aliphatic heterocycles. The van der Waals surface area contributed by atoms with Crippen molar-refractivity contribution < 1.29 is 23.4 Å². The highest BCUT2D eigenvalue weighted by atomic mass is 35.5. The Morgan fingerprint density at radius 2 is 1.69 bits per heavy atom. The van der Waals surface area contributed by atoms with Crippen LogP contribution in [0.15, 0.2) is 59.4 Å². The molecular weight excluding hydrogens is 480 g/mol. The standard InChI is InChI=1S/C25H20ClF2N3O4/c26-19-6-8-21-23(22(19)28)31(17-4-2-16(3-5-17)29-9-11-35-12-10-29)25(34)30(21)14-15-1-7-20(27)18(13-15)24(32)33/h1-8,13H,9-12,14H2,(H,32,33). The van der Waals surface area contributed by atoms with Crippen molar-refractivity contribution in [2.24, 2.45) is 0 Å². The largest absolute Gasteiger partial charge is 0.478 e. The number of halogens is 3. The first-order chi connectivity index (χ1) is 16.8. The summed E-state index contributed by atoms with van der Waals surface area (Å²) in [6.45, 7) is 2.67. The van der Waals surface area contributed by atoms with Crippen LogP contribution in [-0.4, -0.2) is 46.5 Å². The third-order valence-electron chi connectivity index (χ3n) is 6.07. The van der Waals surface area contributed by atoms with Gasteiger partial charge in [-0.15, -0.1) is 0 Å². The van der Waals surface area contributed by atoms with Gasteiger partial charge in [-0.3, -0.25) is 9.13 Å². The first kappa shape index (κ1) is 23.1. The Kier molecular flexibility index (Phi) is 6.04. The second-order valence-corrected chi connectivity index (χ2v) is 8.58. The molecule has 35 heavy (non-hydrogen) atoms. The number of carboxylic acid groups (broad SMARTS) is 1. The number of benzene rings is 3. The molecule has 1 aromatic heterocycles. The molecule has 0 atom stereocenters. The molecule has 1 saturated heterocycles. The molecule has 3 aromatic carbocycles. The Hall–Kier alpha value is -3.69. The van der Waals surface area contributed by atoms with E-state index in [0.29, 0.717) is 24.5 Å². The molecule has 0 unspecified atom stereocenters. The van der Waals surface area contributed by atoms with Crippen LogP contribution in [-0.2, 0) is 11.3 Å². The molecule has 0 bridgehead atoms. The summed E-state index contributed by atoms with van der Waals surface area (Å²) >= 11 is 6.04. The van der Waals surface area contributed by atoms with Gasteiger partial charge in [0.15, 0.2) is 5.82 Å². The Morgan fingerprint density at radius 3 is 2.37 bits per heavy atom. The zero-order valence-corrected chi connectivity index (χ0v) is 19.1. The molecule has 1 fully saturated rings. The van der Waals surface area contributed by atoms with E-state index in [0.717, 1.165) is 30.9 Å². The normalized spacial score (nSPS) is 14.0. The van der Waals surface area contributed by atoms with Crippen molar-refractivity contribution in [1.29, 1.82) is 0 Å². The average Bonchev–Trinajstić information content (AvgIpc) is 3.14. The van der Waals surface area contributed by atoms with Gasteiger partial charge in [0, 0.05) is 18.8 Å². The summed E-state index contributed by atoms with van der Waals surface area (Å²) in [5, 5.41) is 9.10. The summed E-state index contributed by atoms with van der Waals surface area (Å²) in [6.07, 6.45) is 0. The molecule has 5 rings (SSSR count). The number of imidazole rings is 1. The summed E-state index contributed by atoms with van der Waals surface area (Å²) in [6, 6.07) is 13.7. The van der Waals surface area contributed by atoms with Gasteiger partial charge < -0.3 is 14.7 Å². The van der Waals surface area contributed by atoms with Crippen LogP contribution in [0.3, 0.4) is 0 Å². The highest BCUT2D eigenvalue weighted by Crippen LogP contribution is 2.28. The van der Waals surface area contributed by atoms with Crippen LogP contribution in [0.1, 0.15) is 15.9 Å². The van der Waals surface area contributed by atoms with Gasteiger partial charge in [-0.1, -0.05) is 17.7 Å². The zero-order chi connectivity index (χ0) is 24.7. The first-order valence-electron chi connectivity index (χ1n) is 10.9. The van der Waals surface area contributed by atoms with Crippen LogP contribution in [0.25, 0.3) is 16.7 Å². The third kappa shape index (κ3) is 4.17. The fraction of sp³-hybridized carbons (Fsp3) is 0.200. The Labute approximate surface area is 203 Å². The van der Waals surface area contributed by atoms with Gasteiger partial charge in [0.1, 0.15) is 11.3 Å². The van der Waals surface area contributed by atoms with Crippen molar-refractivity contribution in [3.63, 3.8) is 0 Å². The molecule has 0 saturated carbocycles. The maximum Gasteiger partial charge on any atom is 0.338 e. The zero-order valence-electron chi connectivity index (χ0n) is 18.4. The van der Waals surface area contributed by atoms with Crippen LogP contribution < -0.4 is 10.6 Å². The number of hydrogen-bond acceptors (Lipinski definition) is 4. The molecule has 10 heteroatoms. The SMILES string of the molecule is O=C(O)c1cc(Cn2c(=O)n(-c3ccc(N4CCOCC4)cc3)c3c(F)c(Cl)ccc32)ccc1F. The van der Waals surface area contributed by atoms with Gasteiger partial charge in [-0.2, -0.15) is 0 Å². The maximum absolute atomic E-state index is 15.2. The second-order valence-electron chi connectivity index (χ2n) is 8.17. The van der Waals surface area contributed by atoms with Crippen molar-refractivity contribution >= 4 is 34.3 Å². The number of aromatic carboxylic acids is 1. The topological polar surface area (TPSA) is 76.7 Å². The molecule has 0 spiro atoms. The number of carboxylic acids is 1. The van der Waals surface area contributed by atoms with E-state index in [1.807, 2.05) is 12.1 Å². The number of carbonyl (C=O) groups is 1. The molecule has 1 aliphatic rings. The predicted octanol–water partition coefficient (Wildman–Crippen LogP) is 4.31. The molecule has 4 aromatic rings. The van der Waals surface area contributed by atoms with E-state index < -0.39 is 28.9 Å². The van der Waals surface area contributed by atoms with Gasteiger partial charge in [0.2, 0.25) is 0 Å². The lowest BCUT2D eigenvalue weighted by atomic mass is 10.1. The van der Waals surface area contributed by atoms with Crippen molar-refractivity contribution in [1.82, 2.24) is 9.13 Å². The number of rotatable bonds is 5. The number of morpholine rings is 1. The second kappa shape index (κ2) is 9.16. The van der Waals surface area contributed by atoms with Crippen molar-refractivity contribution in [2.45, 2.75) is 6.54 Å². The summed E-state index contributed by atoms with van der Waals surface area (Å²) in [5.74, 6) is -3.05. The van der Waals surface area contributed by atoms with E-state index in [2.05, 4.69) is 4.90 Å². The Bertz CT molecular complexity index is 1490. The average molecular weight is 500 g/mol. The van der Waals surface area contributed by atoms with Crippen molar-refractivity contribution in [3.8, 4) is 5.69 Å². The van der Waals surface area contributed by atoms with Gasteiger partial charge in [0.05, 0.1) is 41.5 Å². The molecule has 7 nitrogen and oxygen atoms in total. The minimum atomic E-state index is -1.42. The summed E-state index contributed by atoms with van der Waals surface area (Å²) in [4.78, 5) is 27.0. The first-order valence-corrected chi connectivity index (χ1v) is 11.3. The predicted molar refractivity (Wildman–Crippen MR) is 128 cm³/mol. The van der Waals surface area contributed by atoms with Crippen LogP contribution in [0.4, 0.5) is 14.5 Å². The number of ether oxygens (including phenoxy) is 1. The Morgan fingerprint density at radius 1 is 1.00 bits per heavy atom. The minimum absolute atomic E-state index is 0.00203. The molecular formula is C25H20ClF2N3O4.